The number of nitrogens with one attached hydrogen (secondary N) is 1. The van der Waals surface area contributed by atoms with Crippen LogP contribution < -0.4 is 10.1 Å². The quantitative estimate of drug-likeness (QED) is 0.623. The minimum atomic E-state index is -0.930. The van der Waals surface area contributed by atoms with Gasteiger partial charge in [-0.25, -0.2) is 4.79 Å². The second-order valence-corrected chi connectivity index (χ2v) is 6.17. The summed E-state index contributed by atoms with van der Waals surface area (Å²) in [5, 5.41) is 13.3. The van der Waals surface area contributed by atoms with E-state index in [9.17, 15) is 9.90 Å². The molecule has 0 amide bonds. The Morgan fingerprint density at radius 2 is 2.00 bits per heavy atom. The molecule has 128 valence electrons. The van der Waals surface area contributed by atoms with Crippen molar-refractivity contribution in [2.24, 2.45) is 0 Å². The number of aromatic carboxylic acids is 1. The average molecular weight is 368 g/mol. The molecule has 0 spiro atoms. The molecular formula is C18H19Cl2NO3. The van der Waals surface area contributed by atoms with Crippen molar-refractivity contribution in [2.45, 2.75) is 19.8 Å². The Labute approximate surface area is 151 Å². The minimum Gasteiger partial charge on any atom is -0.492 e. The molecule has 0 aliphatic rings. The fourth-order valence-corrected chi connectivity index (χ4v) is 2.56. The fourth-order valence-electron chi connectivity index (χ4n) is 2.22. The lowest BCUT2D eigenvalue weighted by Crippen LogP contribution is -2.09. The molecule has 0 bridgehead atoms. The Bertz CT molecular complexity index is 719. The standard InChI is InChI=1S/C18H19Cl2NO3/c1-12-7-8-15(13(11-12)18(22)23)21-9-2-3-10-24-16-6-4-5-14(19)17(16)20/h4-8,11,21H,2-3,9-10H2,1H3,(H,22,23). The molecule has 0 radical (unpaired) electrons. The van der Waals surface area contributed by atoms with Crippen molar-refractivity contribution in [3.8, 4) is 5.75 Å². The first kappa shape index (κ1) is 18.4. The molecule has 0 aliphatic heterocycles. The van der Waals surface area contributed by atoms with Crippen LogP contribution in [-0.4, -0.2) is 24.2 Å². The number of rotatable bonds is 8. The van der Waals surface area contributed by atoms with Gasteiger partial charge in [0.25, 0.3) is 0 Å². The maximum absolute atomic E-state index is 11.2. The number of carboxylic acids is 1. The lowest BCUT2D eigenvalue weighted by atomic mass is 10.1. The molecule has 0 unspecified atom stereocenters. The first-order valence-corrected chi connectivity index (χ1v) is 8.39. The predicted molar refractivity (Wildman–Crippen MR) is 97.8 cm³/mol. The normalized spacial score (nSPS) is 10.5. The van der Waals surface area contributed by atoms with Crippen LogP contribution in [0, 0.1) is 6.92 Å². The highest BCUT2D eigenvalue weighted by atomic mass is 35.5. The first-order chi connectivity index (χ1) is 11.5. The van der Waals surface area contributed by atoms with E-state index >= 15 is 0 Å². The van der Waals surface area contributed by atoms with E-state index in [2.05, 4.69) is 5.32 Å². The van der Waals surface area contributed by atoms with Crippen LogP contribution in [0.3, 0.4) is 0 Å². The maximum Gasteiger partial charge on any atom is 0.337 e. The van der Waals surface area contributed by atoms with E-state index in [0.717, 1.165) is 18.4 Å². The predicted octanol–water partition coefficient (Wildman–Crippen LogP) is 5.27. The monoisotopic (exact) mass is 367 g/mol. The van der Waals surface area contributed by atoms with Gasteiger partial charge in [-0.15, -0.1) is 0 Å². The Morgan fingerprint density at radius 1 is 1.21 bits per heavy atom. The summed E-state index contributed by atoms with van der Waals surface area (Å²) in [6.45, 7) is 3.05. The molecule has 0 saturated heterocycles. The van der Waals surface area contributed by atoms with Gasteiger partial charge >= 0.3 is 5.97 Å². The average Bonchev–Trinajstić information content (AvgIpc) is 2.55. The van der Waals surface area contributed by atoms with Gasteiger partial charge in [0.1, 0.15) is 10.8 Å². The van der Waals surface area contributed by atoms with E-state index in [1.807, 2.05) is 13.0 Å². The summed E-state index contributed by atoms with van der Waals surface area (Å²) in [5.74, 6) is -0.357. The van der Waals surface area contributed by atoms with E-state index in [-0.39, 0.29) is 5.56 Å². The van der Waals surface area contributed by atoms with E-state index in [4.69, 9.17) is 27.9 Å². The zero-order valence-corrected chi connectivity index (χ0v) is 14.8. The van der Waals surface area contributed by atoms with Crippen molar-refractivity contribution in [2.75, 3.05) is 18.5 Å². The summed E-state index contributed by atoms with van der Waals surface area (Å²) in [5.41, 5.74) is 1.84. The van der Waals surface area contributed by atoms with Crippen molar-refractivity contribution in [3.63, 3.8) is 0 Å². The molecule has 0 heterocycles. The van der Waals surface area contributed by atoms with Gasteiger partial charge in [0.05, 0.1) is 17.2 Å². The summed E-state index contributed by atoms with van der Waals surface area (Å²) in [6.07, 6.45) is 1.65. The number of hydrogen-bond donors (Lipinski definition) is 2. The van der Waals surface area contributed by atoms with Gasteiger partial charge < -0.3 is 15.2 Å². The number of benzene rings is 2. The minimum absolute atomic E-state index is 0.289. The van der Waals surface area contributed by atoms with Crippen LogP contribution in [0.15, 0.2) is 36.4 Å². The van der Waals surface area contributed by atoms with Crippen LogP contribution in [0.5, 0.6) is 5.75 Å². The second-order valence-electron chi connectivity index (χ2n) is 5.39. The van der Waals surface area contributed by atoms with Gasteiger partial charge in [-0.1, -0.05) is 40.9 Å². The number of anilines is 1. The van der Waals surface area contributed by atoms with Gasteiger partial charge in [0.15, 0.2) is 0 Å². The fraction of sp³-hybridized carbons (Fsp3) is 0.278. The van der Waals surface area contributed by atoms with Gasteiger partial charge in [0, 0.05) is 12.2 Å². The topological polar surface area (TPSA) is 58.6 Å². The number of halogens is 2. The van der Waals surface area contributed by atoms with Crippen LogP contribution >= 0.6 is 23.2 Å². The van der Waals surface area contributed by atoms with Crippen LogP contribution in [0.1, 0.15) is 28.8 Å². The molecule has 0 aliphatic carbocycles. The molecule has 0 saturated carbocycles. The van der Waals surface area contributed by atoms with E-state index < -0.39 is 5.97 Å². The summed E-state index contributed by atoms with van der Waals surface area (Å²) in [4.78, 5) is 11.2. The van der Waals surface area contributed by atoms with E-state index in [1.165, 1.54) is 0 Å². The van der Waals surface area contributed by atoms with Gasteiger partial charge in [-0.3, -0.25) is 0 Å². The summed E-state index contributed by atoms with van der Waals surface area (Å²) >= 11 is 12.0. The third-order valence-corrected chi connectivity index (χ3v) is 4.27. The molecule has 6 heteroatoms. The van der Waals surface area contributed by atoms with Crippen molar-refractivity contribution in [1.82, 2.24) is 0 Å². The van der Waals surface area contributed by atoms with Crippen LogP contribution in [0.25, 0.3) is 0 Å². The zero-order chi connectivity index (χ0) is 17.5. The number of carboxylic acid groups (broad SMARTS) is 1. The molecule has 2 aromatic rings. The Kier molecular flexibility index (Phi) is 6.76. The van der Waals surface area contributed by atoms with E-state index in [1.54, 1.807) is 30.3 Å². The van der Waals surface area contributed by atoms with Crippen molar-refractivity contribution in [3.05, 3.63) is 57.6 Å². The van der Waals surface area contributed by atoms with Crippen molar-refractivity contribution >= 4 is 34.9 Å². The highest BCUT2D eigenvalue weighted by molar-refractivity contribution is 6.42. The van der Waals surface area contributed by atoms with Crippen LogP contribution in [0.2, 0.25) is 10.0 Å². The molecule has 2 N–H and O–H groups in total. The number of carbonyl (C=O) groups is 1. The van der Waals surface area contributed by atoms with Gasteiger partial charge in [0.2, 0.25) is 0 Å². The zero-order valence-electron chi connectivity index (χ0n) is 13.3. The third kappa shape index (κ3) is 5.05. The van der Waals surface area contributed by atoms with Gasteiger partial charge in [-0.2, -0.15) is 0 Å². The molecule has 0 aromatic heterocycles. The molecular weight excluding hydrogens is 349 g/mol. The molecule has 0 atom stereocenters. The third-order valence-electron chi connectivity index (χ3n) is 3.47. The lowest BCUT2D eigenvalue weighted by Gasteiger charge is -2.11. The smallest absolute Gasteiger partial charge is 0.337 e. The summed E-state index contributed by atoms with van der Waals surface area (Å²) in [6, 6.07) is 10.6. The second kappa shape index (κ2) is 8.81. The molecule has 0 fully saturated rings. The lowest BCUT2D eigenvalue weighted by molar-refractivity contribution is 0.0698. The van der Waals surface area contributed by atoms with Crippen LogP contribution in [0.4, 0.5) is 5.69 Å². The molecule has 2 aromatic carbocycles. The first-order valence-electron chi connectivity index (χ1n) is 7.63. The van der Waals surface area contributed by atoms with Crippen molar-refractivity contribution < 1.29 is 14.6 Å². The van der Waals surface area contributed by atoms with Crippen molar-refractivity contribution in [1.29, 1.82) is 0 Å². The highest BCUT2D eigenvalue weighted by Crippen LogP contribution is 2.31. The summed E-state index contributed by atoms with van der Waals surface area (Å²) in [7, 11) is 0. The number of aryl methyl sites for hydroxylation is 1. The highest BCUT2D eigenvalue weighted by Gasteiger charge is 2.09. The SMILES string of the molecule is Cc1ccc(NCCCCOc2cccc(Cl)c2Cl)c(C(=O)O)c1. The molecule has 24 heavy (non-hydrogen) atoms. The maximum atomic E-state index is 11.2. The Balaban J connectivity index is 1.76. The van der Waals surface area contributed by atoms with Crippen LogP contribution in [-0.2, 0) is 0 Å². The van der Waals surface area contributed by atoms with Gasteiger partial charge in [-0.05, 0) is 44.0 Å². The Morgan fingerprint density at radius 3 is 2.75 bits per heavy atom. The largest absolute Gasteiger partial charge is 0.492 e. The number of unbranched alkanes of at least 4 members (excludes halogenated alkanes) is 1. The number of ether oxygens (including phenoxy) is 1. The Hall–Kier alpha value is -1.91. The molecule has 2 rings (SSSR count). The molecule has 4 nitrogen and oxygen atoms in total. The number of hydrogen-bond acceptors (Lipinski definition) is 3. The van der Waals surface area contributed by atoms with E-state index in [0.29, 0.717) is 34.6 Å². The summed E-state index contributed by atoms with van der Waals surface area (Å²) < 4.78 is 5.61.